The predicted octanol–water partition coefficient (Wildman–Crippen LogP) is 2.54. The Morgan fingerprint density at radius 1 is 1.16 bits per heavy atom. The number of benzene rings is 1. The highest BCUT2D eigenvalue weighted by atomic mass is 79.9. The van der Waals surface area contributed by atoms with Crippen molar-refractivity contribution in [2.75, 3.05) is 4.90 Å². The second kappa shape index (κ2) is 5.27. The van der Waals surface area contributed by atoms with Crippen LogP contribution in [0.3, 0.4) is 0 Å². The predicted molar refractivity (Wildman–Crippen MR) is 97.8 cm³/mol. The van der Waals surface area contributed by atoms with Crippen LogP contribution in [0.15, 0.2) is 28.7 Å². The van der Waals surface area contributed by atoms with Crippen LogP contribution in [0.25, 0.3) is 6.08 Å². The molecule has 0 radical (unpaired) electrons. The summed E-state index contributed by atoms with van der Waals surface area (Å²) in [5.74, 6) is -1.78. The second-order valence-corrected chi connectivity index (χ2v) is 8.84. The molecular formula is C19H19BrN2O3. The minimum atomic E-state index is -0.636. The van der Waals surface area contributed by atoms with Crippen LogP contribution < -0.4 is 10.2 Å². The summed E-state index contributed by atoms with van der Waals surface area (Å²) >= 11 is 3.47. The molecule has 25 heavy (non-hydrogen) atoms. The molecule has 0 aromatic heterocycles. The number of Topliss-reactive ketones (excluding diaryl/α,β-unsaturated/α-hetero) is 1. The van der Waals surface area contributed by atoms with E-state index >= 15 is 0 Å². The molecule has 3 aliphatic rings. The van der Waals surface area contributed by atoms with Crippen LogP contribution in [0.5, 0.6) is 0 Å². The lowest BCUT2D eigenvalue weighted by molar-refractivity contribution is -0.132. The molecular weight excluding hydrogens is 384 g/mol. The van der Waals surface area contributed by atoms with Gasteiger partial charge in [-0.25, -0.2) is 0 Å². The maximum Gasteiger partial charge on any atom is 0.233 e. The molecule has 2 saturated heterocycles. The van der Waals surface area contributed by atoms with Crippen molar-refractivity contribution in [1.82, 2.24) is 5.32 Å². The van der Waals surface area contributed by atoms with Gasteiger partial charge in [-0.05, 0) is 23.8 Å². The first kappa shape index (κ1) is 16.5. The van der Waals surface area contributed by atoms with Gasteiger partial charge >= 0.3 is 0 Å². The maximum absolute atomic E-state index is 13.2. The number of ketones is 1. The van der Waals surface area contributed by atoms with Gasteiger partial charge in [0, 0.05) is 15.6 Å². The second-order valence-electron chi connectivity index (χ2n) is 7.92. The molecule has 4 atom stereocenters. The summed E-state index contributed by atoms with van der Waals surface area (Å²) in [6, 6.07) is 4.94. The summed E-state index contributed by atoms with van der Waals surface area (Å²) in [6.07, 6.45) is 3.92. The van der Waals surface area contributed by atoms with Crippen molar-refractivity contribution in [2.45, 2.75) is 32.9 Å². The molecule has 2 fully saturated rings. The summed E-state index contributed by atoms with van der Waals surface area (Å²) < 4.78 is 0.946. The van der Waals surface area contributed by atoms with Crippen LogP contribution in [0.1, 0.15) is 26.3 Å². The van der Waals surface area contributed by atoms with Crippen molar-refractivity contribution < 1.29 is 14.4 Å². The molecule has 1 aromatic carbocycles. The number of nitrogens with one attached hydrogen (secondary N) is 1. The van der Waals surface area contributed by atoms with Crippen LogP contribution in [0.2, 0.25) is 0 Å². The minimum Gasteiger partial charge on any atom is -0.353 e. The molecule has 0 spiro atoms. The summed E-state index contributed by atoms with van der Waals surface area (Å²) in [5, 5.41) is 2.42. The largest absolute Gasteiger partial charge is 0.353 e. The van der Waals surface area contributed by atoms with Gasteiger partial charge in [0.2, 0.25) is 11.8 Å². The summed E-state index contributed by atoms with van der Waals surface area (Å²) in [6.45, 7) is 5.57. The number of imide groups is 1. The van der Waals surface area contributed by atoms with E-state index < -0.39 is 23.3 Å². The maximum atomic E-state index is 13.2. The van der Waals surface area contributed by atoms with Crippen LogP contribution in [-0.4, -0.2) is 29.7 Å². The fourth-order valence-electron chi connectivity index (χ4n) is 4.21. The Kier molecular flexibility index (Phi) is 3.48. The molecule has 1 N–H and O–H groups in total. The van der Waals surface area contributed by atoms with Gasteiger partial charge in [0.15, 0.2) is 5.78 Å². The van der Waals surface area contributed by atoms with Gasteiger partial charge in [0.25, 0.3) is 0 Å². The zero-order valence-electron chi connectivity index (χ0n) is 14.2. The van der Waals surface area contributed by atoms with E-state index in [1.165, 1.54) is 0 Å². The zero-order valence-corrected chi connectivity index (χ0v) is 15.8. The van der Waals surface area contributed by atoms with Crippen molar-refractivity contribution in [3.05, 3.63) is 34.3 Å². The highest BCUT2D eigenvalue weighted by Crippen LogP contribution is 2.48. The lowest BCUT2D eigenvalue weighted by Crippen LogP contribution is -2.50. The lowest BCUT2D eigenvalue weighted by atomic mass is 9.79. The van der Waals surface area contributed by atoms with Crippen molar-refractivity contribution in [2.24, 2.45) is 17.3 Å². The molecule has 6 heteroatoms. The number of hydrogen-bond donors (Lipinski definition) is 1. The number of carbonyl (C=O) groups is 3. The summed E-state index contributed by atoms with van der Waals surface area (Å²) in [7, 11) is 0. The molecule has 4 rings (SSSR count). The van der Waals surface area contributed by atoms with E-state index in [2.05, 4.69) is 21.2 Å². The van der Waals surface area contributed by atoms with Gasteiger partial charge in [-0.3, -0.25) is 19.7 Å². The third-order valence-electron chi connectivity index (χ3n) is 5.32. The quantitative estimate of drug-likeness (QED) is 0.732. The van der Waals surface area contributed by atoms with Crippen molar-refractivity contribution in [3.8, 4) is 0 Å². The number of anilines is 1. The van der Waals surface area contributed by atoms with Crippen LogP contribution in [0.4, 0.5) is 5.69 Å². The Morgan fingerprint density at radius 3 is 2.52 bits per heavy atom. The third-order valence-corrected chi connectivity index (χ3v) is 5.81. The van der Waals surface area contributed by atoms with E-state index in [9.17, 15) is 14.4 Å². The standard InChI is InChI=1S/C19H19BrN2O3/c1-19(2,3)16(23)15-14-13(17(24)21-18(14)25)12-6-4-9-8-10(20)5-7-11(9)22(12)15/h4-8,12-15H,1-3H3,(H,21,24,25). The highest BCUT2D eigenvalue weighted by molar-refractivity contribution is 9.10. The first-order chi connectivity index (χ1) is 11.7. The van der Waals surface area contributed by atoms with Crippen molar-refractivity contribution in [3.63, 3.8) is 0 Å². The number of amides is 2. The van der Waals surface area contributed by atoms with Crippen LogP contribution in [0, 0.1) is 17.3 Å². The fourth-order valence-corrected chi connectivity index (χ4v) is 4.58. The molecule has 3 aliphatic heterocycles. The number of fused-ring (bicyclic) bond motifs is 5. The number of nitrogens with zero attached hydrogens (tertiary/aromatic N) is 1. The van der Waals surface area contributed by atoms with Crippen LogP contribution in [-0.2, 0) is 14.4 Å². The molecule has 5 nitrogen and oxygen atoms in total. The Balaban J connectivity index is 1.90. The van der Waals surface area contributed by atoms with Gasteiger partial charge in [-0.15, -0.1) is 0 Å². The molecule has 1 aromatic rings. The molecule has 130 valence electrons. The molecule has 4 unspecified atom stereocenters. The number of halogens is 1. The SMILES string of the molecule is CC(C)(C)C(=O)C1C2C(=O)NC(=O)C2C2C=Cc3cc(Br)ccc3N21. The normalized spacial score (nSPS) is 30.0. The van der Waals surface area contributed by atoms with Gasteiger partial charge in [0.05, 0.1) is 17.9 Å². The number of rotatable bonds is 1. The molecule has 2 amide bonds. The van der Waals surface area contributed by atoms with Crippen molar-refractivity contribution >= 4 is 45.3 Å². The van der Waals surface area contributed by atoms with Gasteiger partial charge in [0.1, 0.15) is 6.04 Å². The highest BCUT2D eigenvalue weighted by Gasteiger charge is 2.62. The first-order valence-corrected chi connectivity index (χ1v) is 9.14. The molecule has 0 aliphatic carbocycles. The van der Waals surface area contributed by atoms with E-state index in [1.54, 1.807) is 0 Å². The van der Waals surface area contributed by atoms with Crippen molar-refractivity contribution in [1.29, 1.82) is 0 Å². The zero-order chi connectivity index (χ0) is 18.1. The molecule has 3 heterocycles. The van der Waals surface area contributed by atoms with Gasteiger partial charge in [-0.2, -0.15) is 0 Å². The molecule has 0 bridgehead atoms. The fraction of sp³-hybridized carbons (Fsp3) is 0.421. The lowest BCUT2D eigenvalue weighted by Gasteiger charge is -2.38. The average molecular weight is 403 g/mol. The Morgan fingerprint density at radius 2 is 1.84 bits per heavy atom. The smallest absolute Gasteiger partial charge is 0.233 e. The Bertz CT molecular complexity index is 840. The van der Waals surface area contributed by atoms with Gasteiger partial charge in [-0.1, -0.05) is 48.9 Å². The first-order valence-electron chi connectivity index (χ1n) is 8.35. The third kappa shape index (κ3) is 2.30. The number of carbonyl (C=O) groups excluding carboxylic acids is 3. The monoisotopic (exact) mass is 402 g/mol. The van der Waals surface area contributed by atoms with E-state index in [1.807, 2.05) is 56.0 Å². The van der Waals surface area contributed by atoms with E-state index in [-0.39, 0.29) is 23.6 Å². The minimum absolute atomic E-state index is 0.0148. The Labute approximate surface area is 154 Å². The van der Waals surface area contributed by atoms with E-state index in [4.69, 9.17) is 0 Å². The molecule has 0 saturated carbocycles. The Hall–Kier alpha value is -1.95. The topological polar surface area (TPSA) is 66.5 Å². The summed E-state index contributed by atoms with van der Waals surface area (Å²) in [4.78, 5) is 40.1. The van der Waals surface area contributed by atoms with Crippen LogP contribution >= 0.6 is 15.9 Å². The summed E-state index contributed by atoms with van der Waals surface area (Å²) in [5.41, 5.74) is 1.27. The van der Waals surface area contributed by atoms with Gasteiger partial charge < -0.3 is 4.90 Å². The van der Waals surface area contributed by atoms with E-state index in [0.717, 1.165) is 15.7 Å². The van der Waals surface area contributed by atoms with E-state index in [0.29, 0.717) is 0 Å². The average Bonchev–Trinajstić information content (AvgIpc) is 3.01. The number of hydrogen-bond acceptors (Lipinski definition) is 4.